The van der Waals surface area contributed by atoms with Crippen LogP contribution in [0.25, 0.3) is 0 Å². The molecule has 0 atom stereocenters. The lowest BCUT2D eigenvalue weighted by Gasteiger charge is -2.04. The lowest BCUT2D eigenvalue weighted by molar-refractivity contribution is 0.895. The molecule has 18 heavy (non-hydrogen) atoms. The molecule has 2 aromatic rings. The Morgan fingerprint density at radius 3 is 2.83 bits per heavy atom. The summed E-state index contributed by atoms with van der Waals surface area (Å²) in [7, 11) is 0. The van der Waals surface area contributed by atoms with Crippen LogP contribution in [0.5, 0.6) is 0 Å². The zero-order valence-electron chi connectivity index (χ0n) is 9.39. The van der Waals surface area contributed by atoms with E-state index in [0.29, 0.717) is 11.1 Å². The Kier molecular flexibility index (Phi) is 4.73. The minimum absolute atomic E-state index is 0.167. The number of hydrogen-bond acceptors (Lipinski definition) is 6. The van der Waals surface area contributed by atoms with E-state index in [2.05, 4.69) is 41.2 Å². The predicted molar refractivity (Wildman–Crippen MR) is 75.1 cm³/mol. The van der Waals surface area contributed by atoms with Gasteiger partial charge < -0.3 is 5.32 Å². The Hall–Kier alpha value is -0.920. The smallest absolute Gasteiger partial charge is 0.228 e. The Morgan fingerprint density at radius 2 is 2.17 bits per heavy atom. The summed E-state index contributed by atoms with van der Waals surface area (Å²) in [5.41, 5.74) is 0. The van der Waals surface area contributed by atoms with Crippen molar-refractivity contribution in [3.63, 3.8) is 0 Å². The number of rotatable bonds is 4. The second-order valence-electron chi connectivity index (χ2n) is 3.16. The van der Waals surface area contributed by atoms with Crippen LogP contribution in [0, 0.1) is 0 Å². The highest BCUT2D eigenvalue weighted by Crippen LogP contribution is 2.24. The van der Waals surface area contributed by atoms with Crippen LogP contribution in [-0.4, -0.2) is 26.5 Å². The van der Waals surface area contributed by atoms with Crippen molar-refractivity contribution >= 4 is 45.2 Å². The van der Waals surface area contributed by atoms with Gasteiger partial charge in [0.25, 0.3) is 0 Å². The molecule has 5 nitrogen and oxygen atoms in total. The van der Waals surface area contributed by atoms with Crippen LogP contribution in [-0.2, 0) is 0 Å². The van der Waals surface area contributed by atoms with Crippen molar-refractivity contribution in [3.05, 3.63) is 28.1 Å². The summed E-state index contributed by atoms with van der Waals surface area (Å²) in [6.45, 7) is 2.68. The summed E-state index contributed by atoms with van der Waals surface area (Å²) in [5.74, 6) is 0.470. The monoisotopic (exact) mass is 345 g/mol. The third kappa shape index (κ3) is 3.79. The van der Waals surface area contributed by atoms with Crippen LogP contribution in [0.2, 0.25) is 5.28 Å². The van der Waals surface area contributed by atoms with Crippen molar-refractivity contribution < 1.29 is 0 Å². The highest BCUT2D eigenvalue weighted by atomic mass is 79.9. The molecule has 0 aliphatic rings. The van der Waals surface area contributed by atoms with E-state index < -0.39 is 0 Å². The molecule has 0 aliphatic carbocycles. The van der Waals surface area contributed by atoms with Gasteiger partial charge in [-0.1, -0.05) is 0 Å². The first kappa shape index (κ1) is 13.5. The van der Waals surface area contributed by atoms with Crippen LogP contribution in [0.3, 0.4) is 0 Å². The van der Waals surface area contributed by atoms with Crippen LogP contribution >= 0.6 is 39.3 Å². The molecule has 0 radical (unpaired) electrons. The molecular formula is C10H9BrClN5S. The van der Waals surface area contributed by atoms with Gasteiger partial charge in [-0.25, -0.2) is 4.98 Å². The van der Waals surface area contributed by atoms with Gasteiger partial charge in [-0.3, -0.25) is 0 Å². The first-order valence-electron chi connectivity index (χ1n) is 5.12. The minimum atomic E-state index is 0.167. The topological polar surface area (TPSA) is 63.6 Å². The van der Waals surface area contributed by atoms with Crippen LogP contribution in [0.15, 0.2) is 33.0 Å². The Labute approximate surface area is 122 Å². The van der Waals surface area contributed by atoms with Crippen molar-refractivity contribution in [2.24, 2.45) is 0 Å². The van der Waals surface area contributed by atoms with E-state index >= 15 is 0 Å². The van der Waals surface area contributed by atoms with E-state index in [1.165, 1.54) is 11.8 Å². The third-order valence-electron chi connectivity index (χ3n) is 1.82. The second-order valence-corrected chi connectivity index (χ2v) is 5.40. The zero-order chi connectivity index (χ0) is 13.0. The first-order chi connectivity index (χ1) is 8.67. The fourth-order valence-electron chi connectivity index (χ4n) is 1.13. The molecule has 94 valence electrons. The maximum atomic E-state index is 5.83. The molecule has 0 fully saturated rings. The standard InChI is InChI=1S/C10H9BrClN5S/c1-2-13-9-15-8(12)16-10(17-9)18-7-4-3-6(11)5-14-7/h3-5H,2H2,1H3,(H,13,15,16,17). The fourth-order valence-corrected chi connectivity index (χ4v) is 2.27. The molecule has 0 aromatic carbocycles. The molecule has 2 heterocycles. The average Bonchev–Trinajstić information content (AvgIpc) is 2.32. The Bertz CT molecular complexity index is 536. The summed E-state index contributed by atoms with van der Waals surface area (Å²) in [4.78, 5) is 16.5. The summed E-state index contributed by atoms with van der Waals surface area (Å²) in [6.07, 6.45) is 1.72. The molecular weight excluding hydrogens is 338 g/mol. The summed E-state index contributed by atoms with van der Waals surface area (Å²) in [6, 6.07) is 3.78. The van der Waals surface area contributed by atoms with Gasteiger partial charge in [0, 0.05) is 17.2 Å². The Balaban J connectivity index is 2.20. The minimum Gasteiger partial charge on any atom is -0.354 e. The van der Waals surface area contributed by atoms with Gasteiger partial charge in [0.05, 0.1) is 0 Å². The largest absolute Gasteiger partial charge is 0.354 e. The summed E-state index contributed by atoms with van der Waals surface area (Å²) in [5, 5.41) is 4.47. The van der Waals surface area contributed by atoms with E-state index in [1.54, 1.807) is 6.20 Å². The van der Waals surface area contributed by atoms with Gasteiger partial charge in [-0.15, -0.1) is 0 Å². The molecule has 0 unspecified atom stereocenters. The Morgan fingerprint density at radius 1 is 1.33 bits per heavy atom. The molecule has 0 spiro atoms. The van der Waals surface area contributed by atoms with Crippen LogP contribution in [0.1, 0.15) is 6.92 Å². The maximum Gasteiger partial charge on any atom is 0.228 e. The normalized spacial score (nSPS) is 10.4. The lowest BCUT2D eigenvalue weighted by Crippen LogP contribution is -2.04. The average molecular weight is 347 g/mol. The van der Waals surface area contributed by atoms with Gasteiger partial charge in [0.1, 0.15) is 5.03 Å². The highest BCUT2D eigenvalue weighted by molar-refractivity contribution is 9.10. The number of hydrogen-bond donors (Lipinski definition) is 1. The fraction of sp³-hybridized carbons (Fsp3) is 0.200. The van der Waals surface area contributed by atoms with Gasteiger partial charge in [-0.2, -0.15) is 15.0 Å². The molecule has 1 N–H and O–H groups in total. The number of aromatic nitrogens is 4. The van der Waals surface area contributed by atoms with Gasteiger partial charge >= 0.3 is 0 Å². The van der Waals surface area contributed by atoms with Crippen molar-refractivity contribution in [2.75, 3.05) is 11.9 Å². The number of anilines is 1. The molecule has 0 saturated heterocycles. The van der Waals surface area contributed by atoms with Crippen molar-refractivity contribution in [1.29, 1.82) is 0 Å². The first-order valence-corrected chi connectivity index (χ1v) is 7.11. The van der Waals surface area contributed by atoms with Crippen molar-refractivity contribution in [3.8, 4) is 0 Å². The molecule has 0 amide bonds. The van der Waals surface area contributed by atoms with Crippen molar-refractivity contribution in [2.45, 2.75) is 17.1 Å². The number of nitrogens with zero attached hydrogens (tertiary/aromatic N) is 4. The van der Waals surface area contributed by atoms with Gasteiger partial charge in [0.2, 0.25) is 11.2 Å². The number of nitrogens with one attached hydrogen (secondary N) is 1. The van der Waals surface area contributed by atoms with E-state index in [-0.39, 0.29) is 5.28 Å². The lowest BCUT2D eigenvalue weighted by atomic mass is 10.5. The molecule has 0 saturated carbocycles. The van der Waals surface area contributed by atoms with E-state index in [9.17, 15) is 0 Å². The van der Waals surface area contributed by atoms with E-state index in [0.717, 1.165) is 16.0 Å². The third-order valence-corrected chi connectivity index (χ3v) is 3.27. The molecule has 2 rings (SSSR count). The SMILES string of the molecule is CCNc1nc(Cl)nc(Sc2ccc(Br)cn2)n1. The molecule has 8 heteroatoms. The van der Waals surface area contributed by atoms with Gasteiger partial charge in [-0.05, 0) is 58.3 Å². The van der Waals surface area contributed by atoms with Crippen LogP contribution < -0.4 is 5.32 Å². The highest BCUT2D eigenvalue weighted by Gasteiger charge is 2.07. The van der Waals surface area contributed by atoms with E-state index in [4.69, 9.17) is 11.6 Å². The van der Waals surface area contributed by atoms with Crippen LogP contribution in [0.4, 0.5) is 5.95 Å². The maximum absolute atomic E-state index is 5.83. The van der Waals surface area contributed by atoms with E-state index in [1.807, 2.05) is 19.1 Å². The quantitative estimate of drug-likeness (QED) is 0.916. The van der Waals surface area contributed by atoms with Crippen molar-refractivity contribution in [1.82, 2.24) is 19.9 Å². The summed E-state index contributed by atoms with van der Waals surface area (Å²) < 4.78 is 0.925. The van der Waals surface area contributed by atoms with Gasteiger partial charge in [0.15, 0.2) is 5.16 Å². The molecule has 0 bridgehead atoms. The summed E-state index contributed by atoms with van der Waals surface area (Å²) >= 11 is 10.5. The molecule has 2 aromatic heterocycles. The number of halogens is 2. The number of pyridine rings is 1. The zero-order valence-corrected chi connectivity index (χ0v) is 12.6. The molecule has 0 aliphatic heterocycles. The predicted octanol–water partition coefficient (Wildman–Crippen LogP) is 3.27. The second kappa shape index (κ2) is 6.31.